The van der Waals surface area contributed by atoms with Crippen molar-refractivity contribution in [2.75, 3.05) is 0 Å². The molecule has 4 nitrogen and oxygen atoms in total. The molecule has 0 aliphatic heterocycles. The molecule has 0 aromatic heterocycles. The molecule has 0 saturated heterocycles. The summed E-state index contributed by atoms with van der Waals surface area (Å²) in [6.45, 7) is -0.167. The number of hydrogen-bond donors (Lipinski definition) is 2. The zero-order chi connectivity index (χ0) is 14.5. The van der Waals surface area contributed by atoms with E-state index in [9.17, 15) is 8.78 Å². The van der Waals surface area contributed by atoms with Gasteiger partial charge in [0.15, 0.2) is 17.4 Å². The number of benzene rings is 2. The number of rotatable bonds is 4. The van der Waals surface area contributed by atoms with Crippen molar-refractivity contribution in [1.29, 1.82) is 0 Å². The van der Waals surface area contributed by atoms with Crippen molar-refractivity contribution in [3.05, 3.63) is 65.2 Å². The highest BCUT2D eigenvalue weighted by Gasteiger charge is 2.12. The standard InChI is InChI=1S/C14H12F2N2O2/c15-11-6-1-2-7-12(11)20-8-9-4-3-5-10(13(9)16)14(17)18-19/h1-7,19H,8H2,(H2,17,18). The van der Waals surface area contributed by atoms with Gasteiger partial charge in [-0.15, -0.1) is 0 Å². The lowest BCUT2D eigenvalue weighted by Crippen LogP contribution is -2.16. The highest BCUT2D eigenvalue weighted by atomic mass is 19.1. The van der Waals surface area contributed by atoms with Crippen molar-refractivity contribution in [1.82, 2.24) is 0 Å². The average molecular weight is 278 g/mol. The third-order valence-corrected chi connectivity index (χ3v) is 2.68. The van der Waals surface area contributed by atoms with Gasteiger partial charge in [-0.05, 0) is 18.2 Å². The van der Waals surface area contributed by atoms with Gasteiger partial charge >= 0.3 is 0 Å². The Labute approximate surface area is 114 Å². The van der Waals surface area contributed by atoms with Crippen LogP contribution in [0.4, 0.5) is 8.78 Å². The van der Waals surface area contributed by atoms with Gasteiger partial charge in [-0.1, -0.05) is 29.4 Å². The number of hydrogen-bond acceptors (Lipinski definition) is 3. The Balaban J connectivity index is 2.21. The molecule has 2 aromatic rings. The van der Waals surface area contributed by atoms with Crippen molar-refractivity contribution in [2.24, 2.45) is 10.9 Å². The van der Waals surface area contributed by atoms with Crippen LogP contribution in [0.5, 0.6) is 5.75 Å². The van der Waals surface area contributed by atoms with Gasteiger partial charge in [0.05, 0.1) is 5.56 Å². The summed E-state index contributed by atoms with van der Waals surface area (Å²) in [5.41, 5.74) is 5.49. The SMILES string of the molecule is N/C(=N/O)c1cccc(COc2ccccc2F)c1F. The van der Waals surface area contributed by atoms with Crippen molar-refractivity contribution in [2.45, 2.75) is 6.61 Å². The predicted molar refractivity (Wildman–Crippen MR) is 69.6 cm³/mol. The van der Waals surface area contributed by atoms with Gasteiger partial charge in [-0.25, -0.2) is 8.78 Å². The molecular weight excluding hydrogens is 266 g/mol. The minimum atomic E-state index is -0.667. The fraction of sp³-hybridized carbons (Fsp3) is 0.0714. The molecule has 0 spiro atoms. The normalized spacial score (nSPS) is 11.4. The fourth-order valence-electron chi connectivity index (χ4n) is 1.66. The summed E-state index contributed by atoms with van der Waals surface area (Å²) < 4.78 is 32.6. The van der Waals surface area contributed by atoms with Gasteiger partial charge in [0.25, 0.3) is 0 Å². The molecule has 104 valence electrons. The lowest BCUT2D eigenvalue weighted by Gasteiger charge is -2.09. The number of amidine groups is 1. The summed E-state index contributed by atoms with van der Waals surface area (Å²) in [6, 6.07) is 10.2. The first-order valence-electron chi connectivity index (χ1n) is 5.76. The second-order valence-electron chi connectivity index (χ2n) is 3.98. The Kier molecular flexibility index (Phi) is 4.14. The van der Waals surface area contributed by atoms with Crippen molar-refractivity contribution in [3.8, 4) is 5.75 Å². The van der Waals surface area contributed by atoms with Crippen LogP contribution < -0.4 is 10.5 Å². The summed E-state index contributed by atoms with van der Waals surface area (Å²) in [5, 5.41) is 11.3. The maximum Gasteiger partial charge on any atom is 0.173 e. The summed E-state index contributed by atoms with van der Waals surface area (Å²) in [6.07, 6.45) is 0. The van der Waals surface area contributed by atoms with Crippen LogP contribution in [0.2, 0.25) is 0 Å². The molecule has 0 fully saturated rings. The van der Waals surface area contributed by atoms with Crippen LogP contribution in [-0.4, -0.2) is 11.0 Å². The van der Waals surface area contributed by atoms with Gasteiger partial charge in [-0.3, -0.25) is 0 Å². The summed E-state index contributed by atoms with van der Waals surface area (Å²) in [5.74, 6) is -1.50. The third kappa shape index (κ3) is 2.85. The first kappa shape index (κ1) is 13.8. The van der Waals surface area contributed by atoms with Gasteiger partial charge in [0.1, 0.15) is 12.4 Å². The first-order valence-corrected chi connectivity index (χ1v) is 5.76. The summed E-state index contributed by atoms with van der Waals surface area (Å²) in [4.78, 5) is 0. The molecule has 0 amide bonds. The Hall–Kier alpha value is -2.63. The molecular formula is C14H12F2N2O2. The van der Waals surface area contributed by atoms with Crippen LogP contribution >= 0.6 is 0 Å². The molecule has 0 atom stereocenters. The van der Waals surface area contributed by atoms with Crippen LogP contribution in [0.25, 0.3) is 0 Å². The monoisotopic (exact) mass is 278 g/mol. The zero-order valence-corrected chi connectivity index (χ0v) is 10.4. The molecule has 3 N–H and O–H groups in total. The van der Waals surface area contributed by atoms with Gasteiger partial charge in [0, 0.05) is 5.56 Å². The van der Waals surface area contributed by atoms with Crippen molar-refractivity contribution in [3.63, 3.8) is 0 Å². The molecule has 0 saturated carbocycles. The summed E-state index contributed by atoms with van der Waals surface area (Å²) in [7, 11) is 0. The minimum absolute atomic E-state index is 0.0288. The zero-order valence-electron chi connectivity index (χ0n) is 10.4. The van der Waals surface area contributed by atoms with E-state index in [1.165, 1.54) is 36.4 Å². The molecule has 2 aromatic carbocycles. The van der Waals surface area contributed by atoms with Gasteiger partial charge in [0.2, 0.25) is 0 Å². The highest BCUT2D eigenvalue weighted by Crippen LogP contribution is 2.19. The number of oxime groups is 1. The third-order valence-electron chi connectivity index (χ3n) is 2.68. The van der Waals surface area contributed by atoms with E-state index in [4.69, 9.17) is 15.7 Å². The van der Waals surface area contributed by atoms with E-state index in [0.29, 0.717) is 0 Å². The van der Waals surface area contributed by atoms with E-state index in [-0.39, 0.29) is 29.3 Å². The van der Waals surface area contributed by atoms with Crippen molar-refractivity contribution >= 4 is 5.84 Å². The molecule has 0 heterocycles. The van der Waals surface area contributed by atoms with E-state index in [1.54, 1.807) is 6.07 Å². The quantitative estimate of drug-likeness (QED) is 0.391. The van der Waals surface area contributed by atoms with Crippen LogP contribution in [0.1, 0.15) is 11.1 Å². The topological polar surface area (TPSA) is 67.8 Å². The molecule has 6 heteroatoms. The number of nitrogens with two attached hydrogens (primary N) is 1. The van der Waals surface area contributed by atoms with Crippen LogP contribution in [0.3, 0.4) is 0 Å². The Morgan fingerprint density at radius 1 is 1.15 bits per heavy atom. The Morgan fingerprint density at radius 3 is 2.60 bits per heavy atom. The van der Waals surface area contributed by atoms with E-state index in [0.717, 1.165) is 0 Å². The fourth-order valence-corrected chi connectivity index (χ4v) is 1.66. The number of para-hydroxylation sites is 1. The van der Waals surface area contributed by atoms with Crippen LogP contribution in [0.15, 0.2) is 47.6 Å². The van der Waals surface area contributed by atoms with Gasteiger partial charge in [-0.2, -0.15) is 0 Å². The largest absolute Gasteiger partial charge is 0.486 e. The van der Waals surface area contributed by atoms with E-state index in [1.807, 2.05) is 0 Å². The molecule has 0 bridgehead atoms. The van der Waals surface area contributed by atoms with Crippen LogP contribution in [-0.2, 0) is 6.61 Å². The van der Waals surface area contributed by atoms with Crippen molar-refractivity contribution < 1.29 is 18.7 Å². The van der Waals surface area contributed by atoms with Crippen LogP contribution in [0, 0.1) is 11.6 Å². The molecule has 0 aliphatic rings. The second-order valence-corrected chi connectivity index (χ2v) is 3.98. The predicted octanol–water partition coefficient (Wildman–Crippen LogP) is 2.64. The number of nitrogens with zero attached hydrogens (tertiary/aromatic N) is 1. The Morgan fingerprint density at radius 2 is 1.90 bits per heavy atom. The Bertz CT molecular complexity index is 645. The highest BCUT2D eigenvalue weighted by molar-refractivity contribution is 5.97. The molecule has 0 unspecified atom stereocenters. The lowest BCUT2D eigenvalue weighted by atomic mass is 10.1. The maximum absolute atomic E-state index is 14.1. The van der Waals surface area contributed by atoms with Gasteiger partial charge < -0.3 is 15.7 Å². The molecule has 0 radical (unpaired) electrons. The smallest absolute Gasteiger partial charge is 0.173 e. The number of ether oxygens (including phenoxy) is 1. The first-order chi connectivity index (χ1) is 9.63. The van der Waals surface area contributed by atoms with E-state index in [2.05, 4.69) is 5.16 Å². The molecule has 0 aliphatic carbocycles. The number of halogens is 2. The summed E-state index contributed by atoms with van der Waals surface area (Å²) >= 11 is 0. The minimum Gasteiger partial charge on any atom is -0.486 e. The molecule has 2 rings (SSSR count). The van der Waals surface area contributed by atoms with E-state index < -0.39 is 11.6 Å². The second kappa shape index (κ2) is 6.01. The van der Waals surface area contributed by atoms with E-state index >= 15 is 0 Å². The molecule has 20 heavy (non-hydrogen) atoms. The lowest BCUT2D eigenvalue weighted by molar-refractivity contribution is 0.284. The maximum atomic E-state index is 14.1. The average Bonchev–Trinajstić information content (AvgIpc) is 2.47.